The van der Waals surface area contributed by atoms with Crippen LogP contribution in [0.2, 0.25) is 0 Å². The third kappa shape index (κ3) is 5.83. The number of aliphatic hydroxyl groups excluding tert-OH is 1. The summed E-state index contributed by atoms with van der Waals surface area (Å²) in [4.78, 5) is 13.6. The largest absolute Gasteiger partial charge is 0.444 e. The number of aliphatic hydroxyl groups is 1. The minimum atomic E-state index is -0.437. The summed E-state index contributed by atoms with van der Waals surface area (Å²) in [5.74, 6) is 1.59. The van der Waals surface area contributed by atoms with Crippen molar-refractivity contribution in [2.75, 3.05) is 26.3 Å². The summed E-state index contributed by atoms with van der Waals surface area (Å²) < 4.78 is 17.0. The summed E-state index contributed by atoms with van der Waals surface area (Å²) in [6, 6.07) is 0. The van der Waals surface area contributed by atoms with Crippen molar-refractivity contribution < 1.29 is 24.1 Å². The molecule has 6 nitrogen and oxygen atoms in total. The van der Waals surface area contributed by atoms with E-state index in [1.165, 1.54) is 12.8 Å². The lowest BCUT2D eigenvalue weighted by molar-refractivity contribution is -0.0791. The van der Waals surface area contributed by atoms with Gasteiger partial charge >= 0.3 is 6.09 Å². The molecule has 1 heterocycles. The van der Waals surface area contributed by atoms with Crippen LogP contribution in [0.25, 0.3) is 0 Å². The summed E-state index contributed by atoms with van der Waals surface area (Å²) in [7, 11) is 0. The quantitative estimate of drug-likeness (QED) is 0.712. The number of ether oxygens (including phenoxy) is 3. The Morgan fingerprint density at radius 3 is 2.00 bits per heavy atom. The number of rotatable bonds is 8. The Morgan fingerprint density at radius 1 is 0.962 bits per heavy atom. The Labute approximate surface area is 157 Å². The van der Waals surface area contributed by atoms with E-state index in [2.05, 4.69) is 0 Å². The van der Waals surface area contributed by atoms with E-state index < -0.39 is 5.60 Å². The highest BCUT2D eigenvalue weighted by atomic mass is 16.6. The molecule has 3 fully saturated rings. The Bertz CT molecular complexity index is 459. The van der Waals surface area contributed by atoms with E-state index >= 15 is 0 Å². The van der Waals surface area contributed by atoms with Gasteiger partial charge in [-0.05, 0) is 71.1 Å². The number of carbonyl (C=O) groups is 1. The average molecular weight is 370 g/mol. The number of nitrogens with zero attached hydrogens (tertiary/aromatic N) is 1. The molecular weight excluding hydrogens is 334 g/mol. The van der Waals surface area contributed by atoms with E-state index in [9.17, 15) is 9.90 Å². The SMILES string of the molecule is CC(C)(C)OC(=O)N1CC(OCCC2CC(CCOC3CC(O)C3)C2)C1. The van der Waals surface area contributed by atoms with Gasteiger partial charge in [-0.2, -0.15) is 0 Å². The van der Waals surface area contributed by atoms with Gasteiger partial charge < -0.3 is 24.2 Å². The molecule has 0 aromatic carbocycles. The second-order valence-corrected chi connectivity index (χ2v) is 9.28. The lowest BCUT2D eigenvalue weighted by atomic mass is 9.72. The molecule has 1 saturated heterocycles. The number of amides is 1. The van der Waals surface area contributed by atoms with Gasteiger partial charge in [-0.25, -0.2) is 4.79 Å². The highest BCUT2D eigenvalue weighted by molar-refractivity contribution is 5.69. The summed E-state index contributed by atoms with van der Waals surface area (Å²) in [6.45, 7) is 8.58. The molecule has 3 rings (SSSR count). The minimum Gasteiger partial charge on any atom is -0.444 e. The van der Waals surface area contributed by atoms with Crippen LogP contribution < -0.4 is 0 Å². The van der Waals surface area contributed by atoms with Crippen molar-refractivity contribution in [2.45, 2.75) is 83.2 Å². The Hall–Kier alpha value is -0.850. The van der Waals surface area contributed by atoms with Gasteiger partial charge in [0, 0.05) is 13.2 Å². The van der Waals surface area contributed by atoms with Gasteiger partial charge in [-0.3, -0.25) is 0 Å². The maximum Gasteiger partial charge on any atom is 0.410 e. The van der Waals surface area contributed by atoms with Gasteiger partial charge in [-0.1, -0.05) is 0 Å². The number of hydrogen-bond acceptors (Lipinski definition) is 5. The van der Waals surface area contributed by atoms with Crippen LogP contribution in [0.4, 0.5) is 4.79 Å². The second kappa shape index (κ2) is 8.44. The summed E-state index contributed by atoms with van der Waals surface area (Å²) >= 11 is 0. The lowest BCUT2D eigenvalue weighted by Gasteiger charge is -2.40. The van der Waals surface area contributed by atoms with Gasteiger partial charge in [0.15, 0.2) is 0 Å². The molecule has 2 aliphatic carbocycles. The van der Waals surface area contributed by atoms with Crippen molar-refractivity contribution in [3.05, 3.63) is 0 Å². The normalized spacial score (nSPS) is 31.8. The van der Waals surface area contributed by atoms with Crippen LogP contribution in [0.1, 0.15) is 59.3 Å². The summed E-state index contributed by atoms with van der Waals surface area (Å²) in [5, 5.41) is 9.23. The fraction of sp³-hybridized carbons (Fsp3) is 0.950. The first-order valence-corrected chi connectivity index (χ1v) is 10.2. The molecule has 0 unspecified atom stereocenters. The molecular formula is C20H35NO5. The number of hydrogen-bond donors (Lipinski definition) is 1. The van der Waals surface area contributed by atoms with E-state index in [1.807, 2.05) is 20.8 Å². The van der Waals surface area contributed by atoms with Crippen LogP contribution >= 0.6 is 0 Å². The first-order valence-electron chi connectivity index (χ1n) is 10.2. The van der Waals surface area contributed by atoms with Gasteiger partial charge in [-0.15, -0.1) is 0 Å². The van der Waals surface area contributed by atoms with E-state index in [0.29, 0.717) is 19.2 Å². The second-order valence-electron chi connectivity index (χ2n) is 9.28. The zero-order valence-electron chi connectivity index (χ0n) is 16.5. The molecule has 1 N–H and O–H groups in total. The molecule has 0 radical (unpaired) electrons. The monoisotopic (exact) mass is 369 g/mol. The predicted octanol–water partition coefficient (Wildman–Crippen LogP) is 2.97. The van der Waals surface area contributed by atoms with Crippen LogP contribution in [-0.2, 0) is 14.2 Å². The Balaban J connectivity index is 1.14. The number of likely N-dealkylation sites (tertiary alicyclic amines) is 1. The van der Waals surface area contributed by atoms with Crippen LogP contribution in [0.5, 0.6) is 0 Å². The van der Waals surface area contributed by atoms with Crippen molar-refractivity contribution in [1.82, 2.24) is 4.90 Å². The molecule has 150 valence electrons. The molecule has 2 saturated carbocycles. The lowest BCUT2D eigenvalue weighted by Crippen LogP contribution is -2.56. The summed E-state index contributed by atoms with van der Waals surface area (Å²) in [6.07, 6.45) is 6.59. The first kappa shape index (κ1) is 19.9. The molecule has 0 bridgehead atoms. The summed E-state index contributed by atoms with van der Waals surface area (Å²) in [5.41, 5.74) is -0.437. The molecule has 0 atom stereocenters. The Kier molecular flexibility index (Phi) is 6.46. The van der Waals surface area contributed by atoms with Crippen molar-refractivity contribution in [3.63, 3.8) is 0 Å². The van der Waals surface area contributed by atoms with Crippen LogP contribution in [-0.4, -0.2) is 66.3 Å². The van der Waals surface area contributed by atoms with Crippen molar-refractivity contribution >= 4 is 6.09 Å². The standard InChI is InChI=1S/C20H35NO5/c1-20(2,3)26-19(23)21-12-18(13-21)25-7-5-15-8-14(9-15)4-6-24-17-10-16(22)11-17/h14-18,22H,4-13H2,1-3H3. The average Bonchev–Trinajstić information content (AvgIpc) is 2.41. The van der Waals surface area contributed by atoms with E-state index in [4.69, 9.17) is 14.2 Å². The van der Waals surface area contributed by atoms with Crippen LogP contribution in [0.3, 0.4) is 0 Å². The van der Waals surface area contributed by atoms with Crippen LogP contribution in [0.15, 0.2) is 0 Å². The zero-order valence-corrected chi connectivity index (χ0v) is 16.5. The van der Waals surface area contributed by atoms with Crippen molar-refractivity contribution in [2.24, 2.45) is 11.8 Å². The van der Waals surface area contributed by atoms with Gasteiger partial charge in [0.05, 0.1) is 31.4 Å². The first-order chi connectivity index (χ1) is 12.3. The molecule has 26 heavy (non-hydrogen) atoms. The molecule has 3 aliphatic rings. The third-order valence-electron chi connectivity index (χ3n) is 5.66. The third-order valence-corrected chi connectivity index (χ3v) is 5.66. The number of carbonyl (C=O) groups excluding carboxylic acids is 1. The fourth-order valence-electron chi connectivity index (χ4n) is 3.84. The van der Waals surface area contributed by atoms with Crippen LogP contribution in [0, 0.1) is 11.8 Å². The molecule has 6 heteroatoms. The van der Waals surface area contributed by atoms with E-state index in [1.54, 1.807) is 4.90 Å². The van der Waals surface area contributed by atoms with E-state index in [0.717, 1.165) is 50.7 Å². The maximum absolute atomic E-state index is 11.9. The fourth-order valence-corrected chi connectivity index (χ4v) is 3.84. The topological polar surface area (TPSA) is 68.2 Å². The smallest absolute Gasteiger partial charge is 0.410 e. The highest BCUT2D eigenvalue weighted by Gasteiger charge is 2.35. The molecule has 0 spiro atoms. The van der Waals surface area contributed by atoms with Crippen molar-refractivity contribution in [1.29, 1.82) is 0 Å². The van der Waals surface area contributed by atoms with Gasteiger partial charge in [0.2, 0.25) is 0 Å². The zero-order chi connectivity index (χ0) is 18.7. The molecule has 1 amide bonds. The minimum absolute atomic E-state index is 0.125. The van der Waals surface area contributed by atoms with Gasteiger partial charge in [0.25, 0.3) is 0 Å². The van der Waals surface area contributed by atoms with Crippen molar-refractivity contribution in [3.8, 4) is 0 Å². The predicted molar refractivity (Wildman–Crippen MR) is 98.0 cm³/mol. The Morgan fingerprint density at radius 2 is 1.50 bits per heavy atom. The molecule has 0 aromatic rings. The van der Waals surface area contributed by atoms with E-state index in [-0.39, 0.29) is 18.3 Å². The molecule has 0 aromatic heterocycles. The maximum atomic E-state index is 11.9. The van der Waals surface area contributed by atoms with Gasteiger partial charge in [0.1, 0.15) is 5.60 Å². The molecule has 1 aliphatic heterocycles. The highest BCUT2D eigenvalue weighted by Crippen LogP contribution is 2.38.